The number of aromatic nitrogens is 3. The molecule has 0 atom stereocenters. The van der Waals surface area contributed by atoms with Gasteiger partial charge in [0.1, 0.15) is 5.71 Å². The molecule has 1 N–H and O–H groups in total. The van der Waals surface area contributed by atoms with E-state index in [-0.39, 0.29) is 25.8 Å². The summed E-state index contributed by atoms with van der Waals surface area (Å²) in [6.07, 6.45) is 5.09. The van der Waals surface area contributed by atoms with E-state index < -0.39 is 17.9 Å². The molecule has 0 aliphatic carbocycles. The summed E-state index contributed by atoms with van der Waals surface area (Å²) in [4.78, 5) is 46.7. The monoisotopic (exact) mass is 908 g/mol. The Bertz CT molecular complexity index is 1990. The molecule has 0 aliphatic rings. The van der Waals surface area contributed by atoms with Gasteiger partial charge in [0.25, 0.3) is 0 Å². The zero-order valence-corrected chi connectivity index (χ0v) is 32.6. The van der Waals surface area contributed by atoms with Crippen LogP contribution in [0.15, 0.2) is 152 Å². The van der Waals surface area contributed by atoms with Crippen molar-refractivity contribution >= 4 is 23.6 Å². The van der Waals surface area contributed by atoms with E-state index in [1.807, 2.05) is 54.6 Å². The Kier molecular flexibility index (Phi) is 16.9. The van der Waals surface area contributed by atoms with Crippen LogP contribution in [0.5, 0.6) is 17.2 Å². The Morgan fingerprint density at radius 1 is 0.527 bits per heavy atom. The number of esters is 3. The Labute approximate surface area is 333 Å². The van der Waals surface area contributed by atoms with Crippen LogP contribution in [0, 0.1) is 23.6 Å². The summed E-state index contributed by atoms with van der Waals surface area (Å²) in [6, 6.07) is 41.0. The number of rotatable bonds is 9. The van der Waals surface area contributed by atoms with Gasteiger partial charge in [-0.15, -0.1) is 89.5 Å². The Hall–Kier alpha value is -6.68. The first-order valence-corrected chi connectivity index (χ1v) is 16.3. The number of benzene rings is 3. The summed E-state index contributed by atoms with van der Waals surface area (Å²) >= 11 is 0. The molecule has 276 valence electrons. The molecule has 0 fully saturated rings. The molecular formula is C44H35IrN4O6. The fraction of sp³-hybridized carbons (Fsp3) is 0.0682. The molecule has 0 saturated heterocycles. The van der Waals surface area contributed by atoms with Gasteiger partial charge in [0.15, 0.2) is 0 Å². The predicted octanol–water partition coefficient (Wildman–Crippen LogP) is 8.55. The molecule has 0 aliphatic heterocycles. The van der Waals surface area contributed by atoms with E-state index in [4.69, 9.17) is 19.6 Å². The summed E-state index contributed by atoms with van der Waals surface area (Å²) in [7, 11) is 0. The quantitative estimate of drug-likeness (QED) is 0.0497. The van der Waals surface area contributed by atoms with Crippen LogP contribution in [-0.2, 0) is 34.5 Å². The van der Waals surface area contributed by atoms with Crippen molar-refractivity contribution in [3.8, 4) is 51.0 Å². The minimum Gasteiger partial charge on any atom is -0.443 e. The Morgan fingerprint density at radius 2 is 0.836 bits per heavy atom. The SMILES string of the molecule is C=C(C)C(=O)Oc1cc[c-]c(-c2ccccn2)c1.C=C(C)C(=O)Oc1cc[c-]c(-c2ccccn2)c1.CC(=N)C(=O)Oc1cc[c-]c(-c2ccccn2)c1.[Ir+3]. The fourth-order valence-electron chi connectivity index (χ4n) is 4.11. The van der Waals surface area contributed by atoms with Crippen LogP contribution in [0.2, 0.25) is 0 Å². The van der Waals surface area contributed by atoms with E-state index in [2.05, 4.69) is 46.3 Å². The van der Waals surface area contributed by atoms with Crippen molar-refractivity contribution < 1.29 is 48.7 Å². The van der Waals surface area contributed by atoms with Crippen LogP contribution < -0.4 is 14.2 Å². The molecule has 0 spiro atoms. The first-order chi connectivity index (χ1) is 26.0. The summed E-state index contributed by atoms with van der Waals surface area (Å²) in [5, 5.41) is 7.17. The maximum Gasteiger partial charge on any atom is 3.00 e. The van der Waals surface area contributed by atoms with Gasteiger partial charge in [0.2, 0.25) is 0 Å². The number of hydrogen-bond donors (Lipinski definition) is 1. The standard InChI is InChI=1S/2C15H12NO2.C14H11N2O2.Ir/c2*1-11(2)15(17)18-13-7-5-6-12(10-13)14-8-3-4-9-16-14;1-10(15)14(17)18-12-6-4-5-11(9-12)13-7-2-3-8-16-13;/h2*3-5,7-10H,1H2,2H3;2-4,6-9,15H,1H3;/q3*-1;+3. The molecule has 6 rings (SSSR count). The summed E-state index contributed by atoms with van der Waals surface area (Å²) < 4.78 is 15.3. The Morgan fingerprint density at radius 3 is 1.09 bits per heavy atom. The number of carbonyl (C=O) groups excluding carboxylic acids is 3. The van der Waals surface area contributed by atoms with Gasteiger partial charge in [-0.25, -0.2) is 14.4 Å². The minimum absolute atomic E-state index is 0. The number of pyridine rings is 3. The second-order valence-corrected chi connectivity index (χ2v) is 11.3. The van der Waals surface area contributed by atoms with Gasteiger partial charge in [0.05, 0.1) is 17.2 Å². The topological polar surface area (TPSA) is 141 Å². The molecule has 55 heavy (non-hydrogen) atoms. The van der Waals surface area contributed by atoms with E-state index in [0.29, 0.717) is 28.4 Å². The van der Waals surface area contributed by atoms with Crippen molar-refractivity contribution in [3.05, 3.63) is 170 Å². The molecule has 0 unspecified atom stereocenters. The molecule has 3 heterocycles. The van der Waals surface area contributed by atoms with Gasteiger partial charge >= 0.3 is 38.0 Å². The Balaban J connectivity index is 0.000000220. The van der Waals surface area contributed by atoms with Crippen LogP contribution in [0.3, 0.4) is 0 Å². The van der Waals surface area contributed by atoms with Crippen molar-refractivity contribution in [1.29, 1.82) is 5.41 Å². The van der Waals surface area contributed by atoms with Crippen molar-refractivity contribution in [2.24, 2.45) is 0 Å². The molecule has 0 bridgehead atoms. The molecule has 6 aromatic rings. The first-order valence-electron chi connectivity index (χ1n) is 16.3. The van der Waals surface area contributed by atoms with Crippen molar-refractivity contribution in [2.75, 3.05) is 0 Å². The van der Waals surface area contributed by atoms with Crippen LogP contribution in [0.25, 0.3) is 33.8 Å². The predicted molar refractivity (Wildman–Crippen MR) is 205 cm³/mol. The number of nitrogens with zero attached hydrogens (tertiary/aromatic N) is 3. The summed E-state index contributed by atoms with van der Waals surface area (Å²) in [6.45, 7) is 11.7. The van der Waals surface area contributed by atoms with Gasteiger partial charge in [0, 0.05) is 29.7 Å². The third kappa shape index (κ3) is 14.0. The van der Waals surface area contributed by atoms with Crippen molar-refractivity contribution in [3.63, 3.8) is 0 Å². The van der Waals surface area contributed by atoms with Crippen LogP contribution >= 0.6 is 0 Å². The number of ether oxygens (including phenoxy) is 3. The number of carbonyl (C=O) groups is 3. The van der Waals surface area contributed by atoms with Gasteiger partial charge in [-0.1, -0.05) is 49.6 Å². The first kappa shape index (κ1) is 42.7. The molecule has 11 heteroatoms. The maximum absolute atomic E-state index is 11.4. The van der Waals surface area contributed by atoms with E-state index in [9.17, 15) is 14.4 Å². The van der Waals surface area contributed by atoms with Crippen molar-refractivity contribution in [1.82, 2.24) is 15.0 Å². The zero-order chi connectivity index (χ0) is 38.9. The van der Waals surface area contributed by atoms with E-state index in [1.165, 1.54) is 6.92 Å². The molecule has 0 saturated carbocycles. The van der Waals surface area contributed by atoms with Gasteiger partial charge in [-0.3, -0.25) is 5.41 Å². The molecular weight excluding hydrogens is 873 g/mol. The average molecular weight is 908 g/mol. The normalized spacial score (nSPS) is 9.65. The third-order valence-electron chi connectivity index (χ3n) is 6.78. The second kappa shape index (κ2) is 21.8. The van der Waals surface area contributed by atoms with E-state index in [0.717, 1.165) is 33.8 Å². The molecule has 10 nitrogen and oxygen atoms in total. The number of hydrogen-bond acceptors (Lipinski definition) is 10. The van der Waals surface area contributed by atoms with Crippen LogP contribution in [-0.4, -0.2) is 38.6 Å². The van der Waals surface area contributed by atoms with Gasteiger partial charge in [-0.05, 0) is 56.1 Å². The summed E-state index contributed by atoms with van der Waals surface area (Å²) in [5.41, 5.74) is 5.21. The maximum atomic E-state index is 11.4. The average Bonchev–Trinajstić information content (AvgIpc) is 3.19. The minimum atomic E-state index is -0.659. The van der Waals surface area contributed by atoms with Crippen LogP contribution in [0.4, 0.5) is 0 Å². The third-order valence-corrected chi connectivity index (χ3v) is 6.78. The van der Waals surface area contributed by atoms with E-state index in [1.54, 1.807) is 87.0 Å². The van der Waals surface area contributed by atoms with Crippen LogP contribution in [0.1, 0.15) is 20.8 Å². The largest absolute Gasteiger partial charge is 3.00 e. The summed E-state index contributed by atoms with van der Waals surface area (Å²) in [5.74, 6) is -0.231. The van der Waals surface area contributed by atoms with Gasteiger partial charge < -0.3 is 29.2 Å². The van der Waals surface area contributed by atoms with Gasteiger partial charge in [-0.2, -0.15) is 0 Å². The number of nitrogens with one attached hydrogen (secondary N) is 1. The fourth-order valence-corrected chi connectivity index (χ4v) is 4.11. The van der Waals surface area contributed by atoms with Crippen molar-refractivity contribution in [2.45, 2.75) is 20.8 Å². The molecule has 0 amide bonds. The van der Waals surface area contributed by atoms with E-state index >= 15 is 0 Å². The zero-order valence-electron chi connectivity index (χ0n) is 30.2. The molecule has 0 radical (unpaired) electrons. The molecule has 3 aromatic carbocycles. The molecule has 3 aromatic heterocycles. The smallest absolute Gasteiger partial charge is 0.443 e. The second-order valence-electron chi connectivity index (χ2n) is 11.3.